The van der Waals surface area contributed by atoms with Gasteiger partial charge < -0.3 is 10.2 Å². The van der Waals surface area contributed by atoms with Gasteiger partial charge in [0.1, 0.15) is 5.82 Å². The van der Waals surface area contributed by atoms with Crippen molar-refractivity contribution in [3.8, 4) is 0 Å². The van der Waals surface area contributed by atoms with Crippen molar-refractivity contribution in [2.45, 2.75) is 47.1 Å². The zero-order chi connectivity index (χ0) is 14.1. The molecule has 0 fully saturated rings. The van der Waals surface area contributed by atoms with Crippen LogP contribution in [0.2, 0.25) is 0 Å². The summed E-state index contributed by atoms with van der Waals surface area (Å²) in [5.74, 6) is 1.74. The molecule has 4 nitrogen and oxygen atoms in total. The fourth-order valence-electron chi connectivity index (χ4n) is 2.13. The standard InChI is InChI=1S/C15H28N4/c1-5-13(6-2)12-19(8-4)15-11-17-10-14(18-15)9-16-7-3/h10-11,13,16H,5-9,12H2,1-4H3. The third-order valence-corrected chi connectivity index (χ3v) is 3.57. The monoisotopic (exact) mass is 264 g/mol. The lowest BCUT2D eigenvalue weighted by molar-refractivity contribution is 0.484. The van der Waals surface area contributed by atoms with Crippen LogP contribution in [-0.2, 0) is 6.54 Å². The number of aromatic nitrogens is 2. The van der Waals surface area contributed by atoms with Crippen molar-refractivity contribution < 1.29 is 0 Å². The summed E-state index contributed by atoms with van der Waals surface area (Å²) in [4.78, 5) is 11.4. The second-order valence-electron chi connectivity index (χ2n) is 4.87. The van der Waals surface area contributed by atoms with Gasteiger partial charge in [0.25, 0.3) is 0 Å². The zero-order valence-corrected chi connectivity index (χ0v) is 12.8. The van der Waals surface area contributed by atoms with Gasteiger partial charge >= 0.3 is 0 Å². The lowest BCUT2D eigenvalue weighted by atomic mass is 10.0. The van der Waals surface area contributed by atoms with Gasteiger partial charge in [-0.25, -0.2) is 4.98 Å². The summed E-state index contributed by atoms with van der Waals surface area (Å²) in [5.41, 5.74) is 1.02. The third-order valence-electron chi connectivity index (χ3n) is 3.57. The van der Waals surface area contributed by atoms with Crippen molar-refractivity contribution in [3.63, 3.8) is 0 Å². The van der Waals surface area contributed by atoms with Crippen molar-refractivity contribution in [2.24, 2.45) is 5.92 Å². The lowest BCUT2D eigenvalue weighted by Gasteiger charge is -2.26. The minimum atomic E-state index is 0.735. The van der Waals surface area contributed by atoms with E-state index in [1.807, 2.05) is 12.4 Å². The molecule has 1 rings (SSSR count). The second kappa shape index (κ2) is 8.86. The minimum absolute atomic E-state index is 0.735. The fraction of sp³-hybridized carbons (Fsp3) is 0.733. The van der Waals surface area contributed by atoms with Crippen molar-refractivity contribution in [1.82, 2.24) is 15.3 Å². The van der Waals surface area contributed by atoms with E-state index in [4.69, 9.17) is 4.98 Å². The first-order valence-corrected chi connectivity index (χ1v) is 7.51. The zero-order valence-electron chi connectivity index (χ0n) is 12.8. The molecule has 1 aromatic rings. The molecule has 0 radical (unpaired) electrons. The van der Waals surface area contributed by atoms with Crippen LogP contribution < -0.4 is 10.2 Å². The summed E-state index contributed by atoms with van der Waals surface area (Å²) < 4.78 is 0. The molecule has 0 bridgehead atoms. The van der Waals surface area contributed by atoms with Gasteiger partial charge in [0.2, 0.25) is 0 Å². The van der Waals surface area contributed by atoms with Crippen molar-refractivity contribution in [1.29, 1.82) is 0 Å². The summed E-state index contributed by atoms with van der Waals surface area (Å²) in [5, 5.41) is 3.29. The number of hydrogen-bond donors (Lipinski definition) is 1. The Bertz CT molecular complexity index is 350. The molecule has 0 spiro atoms. The molecule has 0 aromatic carbocycles. The van der Waals surface area contributed by atoms with Gasteiger partial charge in [-0.1, -0.05) is 33.6 Å². The number of nitrogens with one attached hydrogen (secondary N) is 1. The molecule has 4 heteroatoms. The quantitative estimate of drug-likeness (QED) is 0.744. The normalized spacial score (nSPS) is 11.0. The van der Waals surface area contributed by atoms with Gasteiger partial charge in [0, 0.05) is 25.8 Å². The number of hydrogen-bond acceptors (Lipinski definition) is 4. The predicted molar refractivity (Wildman–Crippen MR) is 81.4 cm³/mol. The predicted octanol–water partition coefficient (Wildman–Crippen LogP) is 2.85. The van der Waals surface area contributed by atoms with Gasteiger partial charge in [0.05, 0.1) is 11.9 Å². The van der Waals surface area contributed by atoms with Crippen LogP contribution in [0.1, 0.15) is 46.2 Å². The van der Waals surface area contributed by atoms with Crippen LogP contribution in [0.5, 0.6) is 0 Å². The molecule has 0 aliphatic carbocycles. The Kier molecular flexibility index (Phi) is 7.41. The molecule has 0 atom stereocenters. The van der Waals surface area contributed by atoms with E-state index in [1.165, 1.54) is 12.8 Å². The summed E-state index contributed by atoms with van der Waals surface area (Å²) in [6, 6.07) is 0. The van der Waals surface area contributed by atoms with Crippen LogP contribution in [0.15, 0.2) is 12.4 Å². The summed E-state index contributed by atoms with van der Waals surface area (Å²) in [6.45, 7) is 12.6. The topological polar surface area (TPSA) is 41.1 Å². The van der Waals surface area contributed by atoms with E-state index in [-0.39, 0.29) is 0 Å². The highest BCUT2D eigenvalue weighted by Crippen LogP contribution is 2.15. The SMILES string of the molecule is CCNCc1cncc(N(CC)CC(CC)CC)n1. The van der Waals surface area contributed by atoms with E-state index in [0.29, 0.717) is 0 Å². The Morgan fingerprint density at radius 1 is 1.16 bits per heavy atom. The molecule has 19 heavy (non-hydrogen) atoms. The highest BCUT2D eigenvalue weighted by molar-refractivity contribution is 5.36. The van der Waals surface area contributed by atoms with Crippen LogP contribution in [-0.4, -0.2) is 29.6 Å². The maximum Gasteiger partial charge on any atom is 0.147 e. The Balaban J connectivity index is 2.74. The van der Waals surface area contributed by atoms with E-state index in [2.05, 4.69) is 42.9 Å². The molecule has 0 saturated heterocycles. The highest BCUT2D eigenvalue weighted by atomic mass is 15.2. The molecule has 0 amide bonds. The molecule has 0 aliphatic rings. The maximum atomic E-state index is 4.70. The van der Waals surface area contributed by atoms with Crippen LogP contribution in [0.4, 0.5) is 5.82 Å². The van der Waals surface area contributed by atoms with E-state index in [0.717, 1.165) is 43.6 Å². The van der Waals surface area contributed by atoms with Crippen molar-refractivity contribution >= 4 is 5.82 Å². The number of nitrogens with zero attached hydrogens (tertiary/aromatic N) is 3. The molecular weight excluding hydrogens is 236 g/mol. The van der Waals surface area contributed by atoms with E-state index in [1.54, 1.807) is 0 Å². The molecule has 108 valence electrons. The first kappa shape index (κ1) is 15.9. The average molecular weight is 264 g/mol. The highest BCUT2D eigenvalue weighted by Gasteiger charge is 2.12. The maximum absolute atomic E-state index is 4.70. The van der Waals surface area contributed by atoms with Gasteiger partial charge in [-0.15, -0.1) is 0 Å². The van der Waals surface area contributed by atoms with Crippen LogP contribution >= 0.6 is 0 Å². The third kappa shape index (κ3) is 5.15. The second-order valence-corrected chi connectivity index (χ2v) is 4.87. The molecule has 1 N–H and O–H groups in total. The minimum Gasteiger partial charge on any atom is -0.355 e. The van der Waals surface area contributed by atoms with Gasteiger partial charge in [-0.05, 0) is 19.4 Å². The van der Waals surface area contributed by atoms with Gasteiger partial charge in [-0.3, -0.25) is 4.98 Å². The summed E-state index contributed by atoms with van der Waals surface area (Å²) in [6.07, 6.45) is 6.16. The lowest BCUT2D eigenvalue weighted by Crippen LogP contribution is -2.30. The Morgan fingerprint density at radius 2 is 1.89 bits per heavy atom. The van der Waals surface area contributed by atoms with Gasteiger partial charge in [-0.2, -0.15) is 0 Å². The van der Waals surface area contributed by atoms with E-state index >= 15 is 0 Å². The number of rotatable bonds is 9. The van der Waals surface area contributed by atoms with E-state index < -0.39 is 0 Å². The molecule has 1 aromatic heterocycles. The van der Waals surface area contributed by atoms with Crippen LogP contribution in [0.3, 0.4) is 0 Å². The molecule has 0 unspecified atom stereocenters. The molecule has 0 aliphatic heterocycles. The molecule has 0 saturated carbocycles. The first-order valence-electron chi connectivity index (χ1n) is 7.51. The van der Waals surface area contributed by atoms with Crippen LogP contribution in [0.25, 0.3) is 0 Å². The summed E-state index contributed by atoms with van der Waals surface area (Å²) in [7, 11) is 0. The Hall–Kier alpha value is -1.16. The molecule has 1 heterocycles. The Labute approximate surface area is 117 Å². The number of anilines is 1. The summed E-state index contributed by atoms with van der Waals surface area (Å²) >= 11 is 0. The smallest absolute Gasteiger partial charge is 0.147 e. The largest absolute Gasteiger partial charge is 0.355 e. The Morgan fingerprint density at radius 3 is 2.47 bits per heavy atom. The van der Waals surface area contributed by atoms with Crippen molar-refractivity contribution in [2.75, 3.05) is 24.5 Å². The fourth-order valence-corrected chi connectivity index (χ4v) is 2.13. The van der Waals surface area contributed by atoms with Gasteiger partial charge in [0.15, 0.2) is 0 Å². The van der Waals surface area contributed by atoms with Crippen molar-refractivity contribution in [3.05, 3.63) is 18.1 Å². The van der Waals surface area contributed by atoms with Crippen LogP contribution in [0, 0.1) is 5.92 Å². The average Bonchev–Trinajstić information content (AvgIpc) is 2.47. The molecular formula is C15H28N4. The first-order chi connectivity index (χ1) is 9.24. The van der Waals surface area contributed by atoms with E-state index in [9.17, 15) is 0 Å².